The molecular formula is C13H14ClNO3. The van der Waals surface area contributed by atoms with Gasteiger partial charge < -0.3 is 10.0 Å². The van der Waals surface area contributed by atoms with E-state index >= 15 is 0 Å². The molecule has 18 heavy (non-hydrogen) atoms. The molecule has 1 fully saturated rings. The third-order valence-corrected chi connectivity index (χ3v) is 3.54. The van der Waals surface area contributed by atoms with Gasteiger partial charge in [-0.1, -0.05) is 23.7 Å². The Labute approximate surface area is 110 Å². The molecule has 0 bridgehead atoms. The summed E-state index contributed by atoms with van der Waals surface area (Å²) in [5, 5.41) is 9.56. The molecule has 1 aliphatic rings. The molecule has 1 aliphatic heterocycles. The Morgan fingerprint density at radius 1 is 1.56 bits per heavy atom. The Hall–Kier alpha value is -1.55. The molecule has 0 aliphatic carbocycles. The number of carboxylic acids is 1. The molecule has 1 amide bonds. The molecule has 2 rings (SSSR count). The summed E-state index contributed by atoms with van der Waals surface area (Å²) in [6, 6.07) is 7.12. The second-order valence-corrected chi connectivity index (χ2v) is 4.95. The lowest BCUT2D eigenvalue weighted by molar-refractivity contribution is -0.141. The van der Waals surface area contributed by atoms with Crippen LogP contribution < -0.4 is 0 Å². The molecule has 0 aromatic heterocycles. The van der Waals surface area contributed by atoms with Crippen molar-refractivity contribution < 1.29 is 14.7 Å². The minimum Gasteiger partial charge on any atom is -0.481 e. The van der Waals surface area contributed by atoms with Crippen LogP contribution in [0, 0.1) is 5.92 Å². The monoisotopic (exact) mass is 267 g/mol. The second kappa shape index (κ2) is 4.98. The number of carbonyl (C=O) groups excluding carboxylic acids is 1. The summed E-state index contributed by atoms with van der Waals surface area (Å²) in [5.74, 6) is -1.63. The van der Waals surface area contributed by atoms with Crippen LogP contribution in [0.25, 0.3) is 0 Å². The number of hydrogen-bond donors (Lipinski definition) is 1. The number of carboxylic acid groups (broad SMARTS) is 1. The fourth-order valence-corrected chi connectivity index (χ4v) is 2.42. The Morgan fingerprint density at radius 2 is 2.28 bits per heavy atom. The molecule has 96 valence electrons. The van der Waals surface area contributed by atoms with Crippen molar-refractivity contribution in [1.82, 2.24) is 4.90 Å². The highest BCUT2D eigenvalue weighted by molar-refractivity contribution is 6.30. The van der Waals surface area contributed by atoms with Gasteiger partial charge in [0.1, 0.15) is 0 Å². The van der Waals surface area contributed by atoms with Gasteiger partial charge >= 0.3 is 5.97 Å². The average molecular weight is 268 g/mol. The van der Waals surface area contributed by atoms with Crippen LogP contribution in [0.4, 0.5) is 0 Å². The van der Waals surface area contributed by atoms with Crippen LogP contribution in [0.3, 0.4) is 0 Å². The lowest BCUT2D eigenvalue weighted by Crippen LogP contribution is -2.29. The Morgan fingerprint density at radius 3 is 2.83 bits per heavy atom. The van der Waals surface area contributed by atoms with Crippen LogP contribution in [0.5, 0.6) is 0 Å². The number of benzene rings is 1. The highest BCUT2D eigenvalue weighted by Crippen LogP contribution is 2.29. The van der Waals surface area contributed by atoms with Crippen molar-refractivity contribution in [3.8, 4) is 0 Å². The summed E-state index contributed by atoms with van der Waals surface area (Å²) in [6.07, 6.45) is 0.0836. The van der Waals surface area contributed by atoms with Crippen molar-refractivity contribution in [3.05, 3.63) is 34.9 Å². The van der Waals surface area contributed by atoms with E-state index in [-0.39, 0.29) is 24.9 Å². The first kappa shape index (κ1) is 12.9. The van der Waals surface area contributed by atoms with E-state index in [2.05, 4.69) is 0 Å². The fourth-order valence-electron chi connectivity index (χ4n) is 2.22. The zero-order valence-electron chi connectivity index (χ0n) is 9.97. The molecule has 2 atom stereocenters. The molecule has 4 nitrogen and oxygen atoms in total. The Kier molecular flexibility index (Phi) is 3.57. The number of aliphatic carboxylic acids is 1. The van der Waals surface area contributed by atoms with Crippen molar-refractivity contribution in [2.45, 2.75) is 19.4 Å². The van der Waals surface area contributed by atoms with Gasteiger partial charge in [-0.05, 0) is 24.6 Å². The Bertz CT molecular complexity index is 489. The zero-order chi connectivity index (χ0) is 13.3. The summed E-state index contributed by atoms with van der Waals surface area (Å²) in [6.45, 7) is 2.15. The molecular weight excluding hydrogens is 254 g/mol. The van der Waals surface area contributed by atoms with Crippen molar-refractivity contribution in [1.29, 1.82) is 0 Å². The number of amides is 1. The van der Waals surface area contributed by atoms with Crippen LogP contribution >= 0.6 is 11.6 Å². The third kappa shape index (κ3) is 2.48. The maximum Gasteiger partial charge on any atom is 0.308 e. The SMILES string of the molecule is CC(c1cccc(Cl)c1)N1CC(C(=O)O)CC1=O. The predicted octanol–water partition coefficient (Wildman–Crippen LogP) is 2.33. The lowest BCUT2D eigenvalue weighted by atomic mass is 10.1. The molecule has 1 N–H and O–H groups in total. The van der Waals surface area contributed by atoms with Gasteiger partial charge in [-0.2, -0.15) is 0 Å². The third-order valence-electron chi connectivity index (χ3n) is 3.31. The average Bonchev–Trinajstić information content (AvgIpc) is 2.70. The minimum atomic E-state index is -0.913. The maximum atomic E-state index is 11.8. The van der Waals surface area contributed by atoms with E-state index in [4.69, 9.17) is 16.7 Å². The molecule has 1 aromatic rings. The van der Waals surface area contributed by atoms with Gasteiger partial charge in [0.05, 0.1) is 12.0 Å². The first-order valence-electron chi connectivity index (χ1n) is 5.76. The summed E-state index contributed by atoms with van der Waals surface area (Å²) >= 11 is 5.91. The van der Waals surface area contributed by atoms with Crippen LogP contribution in [-0.2, 0) is 9.59 Å². The van der Waals surface area contributed by atoms with E-state index in [0.29, 0.717) is 5.02 Å². The van der Waals surface area contributed by atoms with Crippen molar-refractivity contribution in [2.75, 3.05) is 6.54 Å². The van der Waals surface area contributed by atoms with Crippen LogP contribution in [-0.4, -0.2) is 28.4 Å². The number of carbonyl (C=O) groups is 2. The Balaban J connectivity index is 2.17. The lowest BCUT2D eigenvalue weighted by Gasteiger charge is -2.25. The molecule has 1 saturated heterocycles. The quantitative estimate of drug-likeness (QED) is 0.914. The zero-order valence-corrected chi connectivity index (χ0v) is 10.7. The minimum absolute atomic E-state index is 0.0836. The number of hydrogen-bond acceptors (Lipinski definition) is 2. The summed E-state index contributed by atoms with van der Waals surface area (Å²) < 4.78 is 0. The van der Waals surface area contributed by atoms with Gasteiger partial charge in [0.2, 0.25) is 5.91 Å². The van der Waals surface area contributed by atoms with Crippen molar-refractivity contribution >= 4 is 23.5 Å². The number of rotatable bonds is 3. The van der Waals surface area contributed by atoms with Crippen molar-refractivity contribution in [2.24, 2.45) is 5.92 Å². The molecule has 0 spiro atoms. The molecule has 5 heteroatoms. The summed E-state index contributed by atoms with van der Waals surface area (Å²) in [7, 11) is 0. The van der Waals surface area contributed by atoms with E-state index in [1.807, 2.05) is 19.1 Å². The van der Waals surface area contributed by atoms with Gasteiger partial charge in [0, 0.05) is 18.0 Å². The van der Waals surface area contributed by atoms with Crippen molar-refractivity contribution in [3.63, 3.8) is 0 Å². The molecule has 0 radical (unpaired) electrons. The van der Waals surface area contributed by atoms with Gasteiger partial charge in [-0.3, -0.25) is 9.59 Å². The standard InChI is InChI=1S/C13H14ClNO3/c1-8(9-3-2-4-11(14)5-9)15-7-10(13(17)18)6-12(15)16/h2-5,8,10H,6-7H2,1H3,(H,17,18). The van der Waals surface area contributed by atoms with Crippen LogP contribution in [0.1, 0.15) is 24.9 Å². The number of halogens is 1. The highest BCUT2D eigenvalue weighted by atomic mass is 35.5. The molecule has 2 unspecified atom stereocenters. The van der Waals surface area contributed by atoms with Gasteiger partial charge in [0.15, 0.2) is 0 Å². The maximum absolute atomic E-state index is 11.8. The fraction of sp³-hybridized carbons (Fsp3) is 0.385. The molecule has 1 aromatic carbocycles. The van der Waals surface area contributed by atoms with E-state index in [9.17, 15) is 9.59 Å². The highest BCUT2D eigenvalue weighted by Gasteiger charge is 2.36. The van der Waals surface area contributed by atoms with E-state index in [0.717, 1.165) is 5.56 Å². The molecule has 1 heterocycles. The van der Waals surface area contributed by atoms with E-state index < -0.39 is 11.9 Å². The number of likely N-dealkylation sites (tertiary alicyclic amines) is 1. The largest absolute Gasteiger partial charge is 0.481 e. The normalized spacial score (nSPS) is 21.1. The summed E-state index contributed by atoms with van der Waals surface area (Å²) in [5.41, 5.74) is 0.918. The molecule has 0 saturated carbocycles. The van der Waals surface area contributed by atoms with E-state index in [1.165, 1.54) is 0 Å². The summed E-state index contributed by atoms with van der Waals surface area (Å²) in [4.78, 5) is 24.3. The first-order valence-corrected chi connectivity index (χ1v) is 6.14. The predicted molar refractivity (Wildman–Crippen MR) is 67.3 cm³/mol. The number of nitrogens with zero attached hydrogens (tertiary/aromatic N) is 1. The topological polar surface area (TPSA) is 57.6 Å². The van der Waals surface area contributed by atoms with Gasteiger partial charge in [-0.15, -0.1) is 0 Å². The van der Waals surface area contributed by atoms with Gasteiger partial charge in [0.25, 0.3) is 0 Å². The smallest absolute Gasteiger partial charge is 0.308 e. The second-order valence-electron chi connectivity index (χ2n) is 4.52. The first-order chi connectivity index (χ1) is 8.49. The van der Waals surface area contributed by atoms with E-state index in [1.54, 1.807) is 17.0 Å². The van der Waals surface area contributed by atoms with Gasteiger partial charge in [-0.25, -0.2) is 0 Å². The van der Waals surface area contributed by atoms with Crippen LogP contribution in [0.15, 0.2) is 24.3 Å². The van der Waals surface area contributed by atoms with Crippen LogP contribution in [0.2, 0.25) is 5.02 Å².